The van der Waals surface area contributed by atoms with Crippen molar-refractivity contribution in [3.8, 4) is 0 Å². The summed E-state index contributed by atoms with van der Waals surface area (Å²) in [6.07, 6.45) is 2.12. The van der Waals surface area contributed by atoms with E-state index in [9.17, 15) is 4.79 Å². The first-order valence-corrected chi connectivity index (χ1v) is 11.7. The number of anilines is 1. The minimum Gasteiger partial charge on any atom is -0.379 e. The number of fused-ring (bicyclic) bond motifs is 1. The molecule has 3 aromatic rings. The summed E-state index contributed by atoms with van der Waals surface area (Å²) in [4.78, 5) is 17.0. The maximum Gasteiger partial charge on any atom is 0.319 e. The number of carbonyl (C=O) groups excluding carboxylic acids is 1. The van der Waals surface area contributed by atoms with Crippen LogP contribution < -0.4 is 10.6 Å². The van der Waals surface area contributed by atoms with E-state index in [0.29, 0.717) is 6.54 Å². The number of hydrogen-bond donors (Lipinski definition) is 2. The molecule has 0 aliphatic carbocycles. The molecule has 0 radical (unpaired) electrons. The summed E-state index contributed by atoms with van der Waals surface area (Å²) >= 11 is 1.67. The van der Waals surface area contributed by atoms with Crippen molar-refractivity contribution < 1.29 is 9.53 Å². The number of nitrogens with one attached hydrogen (secondary N) is 2. The van der Waals surface area contributed by atoms with Crippen LogP contribution in [0.1, 0.15) is 11.6 Å². The van der Waals surface area contributed by atoms with Gasteiger partial charge in [0.1, 0.15) is 0 Å². The molecule has 1 aliphatic heterocycles. The molecule has 3 heterocycles. The van der Waals surface area contributed by atoms with Gasteiger partial charge in [-0.3, -0.25) is 4.90 Å². The van der Waals surface area contributed by atoms with Crippen LogP contribution in [0, 0.1) is 0 Å². The van der Waals surface area contributed by atoms with Crippen LogP contribution in [0.15, 0.2) is 47.3 Å². The molecule has 1 fully saturated rings. The topological polar surface area (TPSA) is 61.8 Å². The molecule has 1 saturated heterocycles. The second-order valence-corrected chi connectivity index (χ2v) is 8.89. The molecule has 166 valence electrons. The Morgan fingerprint density at radius 3 is 2.77 bits per heavy atom. The smallest absolute Gasteiger partial charge is 0.319 e. The quantitative estimate of drug-likeness (QED) is 0.562. The number of amides is 2. The Bertz CT molecular complexity index is 979. The molecule has 0 spiro atoms. The summed E-state index contributed by atoms with van der Waals surface area (Å²) in [5, 5.41) is 11.3. The van der Waals surface area contributed by atoms with E-state index in [4.69, 9.17) is 4.74 Å². The molecule has 0 bridgehead atoms. The molecule has 1 aliphatic rings. The lowest BCUT2D eigenvalue weighted by Crippen LogP contribution is -2.38. The number of hydrogen-bond acceptors (Lipinski definition) is 5. The highest BCUT2D eigenvalue weighted by Gasteiger charge is 2.16. The monoisotopic (exact) mass is 441 g/mol. The van der Waals surface area contributed by atoms with Crippen molar-refractivity contribution in [1.29, 1.82) is 0 Å². The van der Waals surface area contributed by atoms with Crippen LogP contribution in [-0.4, -0.2) is 73.9 Å². The van der Waals surface area contributed by atoms with Gasteiger partial charge in [-0.15, -0.1) is 0 Å². The summed E-state index contributed by atoms with van der Waals surface area (Å²) < 4.78 is 7.70. The van der Waals surface area contributed by atoms with Gasteiger partial charge in [0.05, 0.1) is 19.3 Å². The molecule has 1 aromatic carbocycles. The van der Waals surface area contributed by atoms with E-state index in [1.165, 1.54) is 11.1 Å². The standard InChI is InChI=1S/C23H31N5O2S/c1-26(2)22(19-6-14-31-17-19)16-24-23(29)25-20-3-4-21-18(15-20)5-7-28(21)9-8-27-10-12-30-13-11-27/h3-7,14-15,17,22H,8-13,16H2,1-2H3,(H2,24,25,29). The number of carbonyl (C=O) groups is 1. The molecule has 4 rings (SSSR count). The Labute approximate surface area is 187 Å². The number of thiophene rings is 1. The number of rotatable bonds is 8. The van der Waals surface area contributed by atoms with Crippen molar-refractivity contribution in [3.63, 3.8) is 0 Å². The first-order valence-electron chi connectivity index (χ1n) is 10.7. The third-order valence-corrected chi connectivity index (χ3v) is 6.50. The SMILES string of the molecule is CN(C)C(CNC(=O)Nc1ccc2c(ccn2CCN2CCOCC2)c1)c1ccsc1. The zero-order valence-electron chi connectivity index (χ0n) is 18.2. The molecular formula is C23H31N5O2S. The average Bonchev–Trinajstić information content (AvgIpc) is 3.43. The highest BCUT2D eigenvalue weighted by molar-refractivity contribution is 7.08. The van der Waals surface area contributed by atoms with Gasteiger partial charge in [0, 0.05) is 55.5 Å². The van der Waals surface area contributed by atoms with Crippen LogP contribution in [0.25, 0.3) is 10.9 Å². The molecule has 1 unspecified atom stereocenters. The largest absolute Gasteiger partial charge is 0.379 e. The Morgan fingerprint density at radius 1 is 1.19 bits per heavy atom. The predicted octanol–water partition coefficient (Wildman–Crippen LogP) is 3.46. The van der Waals surface area contributed by atoms with Crippen LogP contribution in [0.2, 0.25) is 0 Å². The zero-order valence-corrected chi connectivity index (χ0v) is 19.0. The molecular weight excluding hydrogens is 410 g/mol. The van der Waals surface area contributed by atoms with Gasteiger partial charge in [0.25, 0.3) is 0 Å². The van der Waals surface area contributed by atoms with Gasteiger partial charge in [-0.2, -0.15) is 11.3 Å². The van der Waals surface area contributed by atoms with Gasteiger partial charge in [-0.05, 0) is 60.8 Å². The lowest BCUT2D eigenvalue weighted by Gasteiger charge is -2.26. The number of nitrogens with zero attached hydrogens (tertiary/aromatic N) is 3. The van der Waals surface area contributed by atoms with Crippen LogP contribution in [0.3, 0.4) is 0 Å². The van der Waals surface area contributed by atoms with Gasteiger partial charge in [-0.1, -0.05) is 0 Å². The molecule has 0 saturated carbocycles. The molecule has 2 amide bonds. The second kappa shape index (κ2) is 10.3. The van der Waals surface area contributed by atoms with Crippen LogP contribution in [0.5, 0.6) is 0 Å². The lowest BCUT2D eigenvalue weighted by atomic mass is 10.1. The molecule has 8 heteroatoms. The zero-order chi connectivity index (χ0) is 21.6. The Hall–Kier alpha value is -2.39. The fourth-order valence-electron chi connectivity index (χ4n) is 3.97. The maximum atomic E-state index is 12.5. The van der Waals surface area contributed by atoms with Gasteiger partial charge in [-0.25, -0.2) is 4.79 Å². The minimum absolute atomic E-state index is 0.153. The Morgan fingerprint density at radius 2 is 2.03 bits per heavy atom. The van der Waals surface area contributed by atoms with Crippen molar-refractivity contribution in [2.24, 2.45) is 0 Å². The number of ether oxygens (including phenoxy) is 1. The highest BCUT2D eigenvalue weighted by Crippen LogP contribution is 2.22. The van der Waals surface area contributed by atoms with Crippen LogP contribution in [0.4, 0.5) is 10.5 Å². The summed E-state index contributed by atoms with van der Waals surface area (Å²) in [7, 11) is 4.05. The number of urea groups is 1. The summed E-state index contributed by atoms with van der Waals surface area (Å²) in [6.45, 7) is 6.18. The first kappa shape index (κ1) is 21.8. The molecule has 7 nitrogen and oxygen atoms in total. The Kier molecular flexibility index (Phi) is 7.24. The van der Waals surface area contributed by atoms with Gasteiger partial charge >= 0.3 is 6.03 Å². The van der Waals surface area contributed by atoms with E-state index in [0.717, 1.165) is 50.5 Å². The number of likely N-dealkylation sites (N-methyl/N-ethyl adjacent to an activating group) is 1. The van der Waals surface area contributed by atoms with Crippen molar-refractivity contribution >= 4 is 34.0 Å². The van der Waals surface area contributed by atoms with Crippen LogP contribution >= 0.6 is 11.3 Å². The number of benzene rings is 1. The number of morpholine rings is 1. The molecule has 2 aromatic heterocycles. The third-order valence-electron chi connectivity index (χ3n) is 5.80. The van der Waals surface area contributed by atoms with E-state index in [1.54, 1.807) is 11.3 Å². The van der Waals surface area contributed by atoms with E-state index in [2.05, 4.69) is 60.2 Å². The first-order chi connectivity index (χ1) is 15.1. The fraction of sp³-hybridized carbons (Fsp3) is 0.435. The van der Waals surface area contributed by atoms with E-state index < -0.39 is 0 Å². The van der Waals surface area contributed by atoms with Gasteiger partial charge in [0.2, 0.25) is 0 Å². The second-order valence-electron chi connectivity index (χ2n) is 8.11. The summed E-state index contributed by atoms with van der Waals surface area (Å²) in [5.41, 5.74) is 3.20. The Balaban J connectivity index is 1.32. The molecule has 31 heavy (non-hydrogen) atoms. The normalized spacial score (nSPS) is 16.0. The lowest BCUT2D eigenvalue weighted by molar-refractivity contribution is 0.0365. The van der Waals surface area contributed by atoms with Gasteiger partial charge in [0.15, 0.2) is 0 Å². The minimum atomic E-state index is -0.187. The van der Waals surface area contributed by atoms with Gasteiger partial charge < -0.3 is 24.8 Å². The van der Waals surface area contributed by atoms with Crippen molar-refractivity contribution in [3.05, 3.63) is 52.9 Å². The van der Waals surface area contributed by atoms with E-state index >= 15 is 0 Å². The van der Waals surface area contributed by atoms with Crippen LogP contribution in [-0.2, 0) is 11.3 Å². The molecule has 1 atom stereocenters. The summed E-state index contributed by atoms with van der Waals surface area (Å²) in [5.74, 6) is 0. The van der Waals surface area contributed by atoms with Crippen molar-refractivity contribution in [1.82, 2.24) is 19.7 Å². The molecule has 2 N–H and O–H groups in total. The van der Waals surface area contributed by atoms with Crippen molar-refractivity contribution in [2.75, 3.05) is 58.8 Å². The fourth-order valence-corrected chi connectivity index (χ4v) is 4.68. The summed E-state index contributed by atoms with van der Waals surface area (Å²) in [6, 6.07) is 10.3. The average molecular weight is 442 g/mol. The maximum absolute atomic E-state index is 12.5. The van der Waals surface area contributed by atoms with Crippen molar-refractivity contribution in [2.45, 2.75) is 12.6 Å². The van der Waals surface area contributed by atoms with E-state index in [1.807, 2.05) is 26.2 Å². The number of aromatic nitrogens is 1. The third kappa shape index (κ3) is 5.65. The predicted molar refractivity (Wildman–Crippen MR) is 127 cm³/mol. The highest BCUT2D eigenvalue weighted by atomic mass is 32.1. The van der Waals surface area contributed by atoms with E-state index in [-0.39, 0.29) is 12.1 Å².